The summed E-state index contributed by atoms with van der Waals surface area (Å²) in [6.07, 6.45) is 0.734. The second-order valence-electron chi connectivity index (χ2n) is 7.08. The first-order chi connectivity index (χ1) is 12.7. The van der Waals surface area contributed by atoms with Crippen molar-refractivity contribution >= 4 is 17.3 Å². The van der Waals surface area contributed by atoms with Gasteiger partial charge in [-0.25, -0.2) is 0 Å². The molecule has 2 aliphatic heterocycles. The van der Waals surface area contributed by atoms with Crippen molar-refractivity contribution in [3.8, 4) is 0 Å². The maximum absolute atomic E-state index is 12.6. The average Bonchev–Trinajstić information content (AvgIpc) is 3.10. The Hall–Kier alpha value is -2.37. The van der Waals surface area contributed by atoms with Gasteiger partial charge in [-0.3, -0.25) is 9.69 Å². The van der Waals surface area contributed by atoms with Gasteiger partial charge in [0.1, 0.15) is 6.04 Å². The number of hydrogen-bond acceptors (Lipinski definition) is 4. The highest BCUT2D eigenvalue weighted by Gasteiger charge is 2.27. The van der Waals surface area contributed by atoms with Crippen LogP contribution in [0.25, 0.3) is 0 Å². The van der Waals surface area contributed by atoms with Crippen LogP contribution in [0.15, 0.2) is 42.5 Å². The van der Waals surface area contributed by atoms with Gasteiger partial charge < -0.3 is 15.4 Å². The predicted octanol–water partition coefficient (Wildman–Crippen LogP) is 2.80. The molecule has 5 heteroatoms. The van der Waals surface area contributed by atoms with Crippen LogP contribution in [0.2, 0.25) is 0 Å². The van der Waals surface area contributed by atoms with Crippen molar-refractivity contribution < 1.29 is 9.53 Å². The predicted molar refractivity (Wildman–Crippen MR) is 103 cm³/mol. The SMILES string of the molecule is Cc1cccc2c1NC(C(=O)Nc1ccc(CN3CCOCC3)cc1)C2. The van der Waals surface area contributed by atoms with E-state index in [1.54, 1.807) is 0 Å². The zero-order chi connectivity index (χ0) is 17.9. The lowest BCUT2D eigenvalue weighted by molar-refractivity contribution is -0.116. The molecule has 1 saturated heterocycles. The molecular weight excluding hydrogens is 326 g/mol. The summed E-state index contributed by atoms with van der Waals surface area (Å²) in [5.41, 5.74) is 5.60. The van der Waals surface area contributed by atoms with Gasteiger partial charge in [-0.2, -0.15) is 0 Å². The fourth-order valence-electron chi connectivity index (χ4n) is 3.65. The van der Waals surface area contributed by atoms with Crippen molar-refractivity contribution in [2.24, 2.45) is 0 Å². The van der Waals surface area contributed by atoms with Crippen LogP contribution >= 0.6 is 0 Å². The molecule has 136 valence electrons. The Bertz CT molecular complexity index is 782. The van der Waals surface area contributed by atoms with Gasteiger partial charge in [0.2, 0.25) is 5.91 Å². The largest absolute Gasteiger partial charge is 0.379 e. The van der Waals surface area contributed by atoms with Crippen LogP contribution in [0.3, 0.4) is 0 Å². The topological polar surface area (TPSA) is 53.6 Å². The monoisotopic (exact) mass is 351 g/mol. The Balaban J connectivity index is 1.34. The van der Waals surface area contributed by atoms with E-state index in [9.17, 15) is 4.79 Å². The molecule has 0 bridgehead atoms. The molecular formula is C21H25N3O2. The molecule has 2 N–H and O–H groups in total. The van der Waals surface area contributed by atoms with Gasteiger partial charge in [0.05, 0.1) is 13.2 Å². The van der Waals surface area contributed by atoms with Gasteiger partial charge in [0.15, 0.2) is 0 Å². The van der Waals surface area contributed by atoms with E-state index in [0.29, 0.717) is 0 Å². The summed E-state index contributed by atoms with van der Waals surface area (Å²) < 4.78 is 5.38. The van der Waals surface area contributed by atoms with Crippen molar-refractivity contribution in [2.45, 2.75) is 25.9 Å². The van der Waals surface area contributed by atoms with Crippen LogP contribution in [0.5, 0.6) is 0 Å². The van der Waals surface area contributed by atoms with Gasteiger partial charge in [0.25, 0.3) is 0 Å². The van der Waals surface area contributed by atoms with Crippen molar-refractivity contribution in [1.82, 2.24) is 4.90 Å². The quantitative estimate of drug-likeness (QED) is 0.889. The minimum atomic E-state index is -0.209. The van der Waals surface area contributed by atoms with E-state index in [1.165, 1.54) is 16.7 Å². The third kappa shape index (κ3) is 3.74. The lowest BCUT2D eigenvalue weighted by Gasteiger charge is -2.26. The number of carbonyl (C=O) groups excluding carboxylic acids is 1. The number of rotatable bonds is 4. The number of anilines is 2. The van der Waals surface area contributed by atoms with Gasteiger partial charge >= 0.3 is 0 Å². The van der Waals surface area contributed by atoms with E-state index in [0.717, 1.165) is 50.6 Å². The van der Waals surface area contributed by atoms with Gasteiger partial charge in [-0.15, -0.1) is 0 Å². The number of para-hydroxylation sites is 1. The number of hydrogen-bond donors (Lipinski definition) is 2. The normalized spacial score (nSPS) is 19.7. The number of nitrogens with one attached hydrogen (secondary N) is 2. The lowest BCUT2D eigenvalue weighted by atomic mass is 10.1. The molecule has 26 heavy (non-hydrogen) atoms. The molecule has 5 nitrogen and oxygen atoms in total. The van der Waals surface area contributed by atoms with Gasteiger partial charge in [-0.05, 0) is 35.7 Å². The van der Waals surface area contributed by atoms with E-state index in [-0.39, 0.29) is 11.9 Å². The smallest absolute Gasteiger partial charge is 0.247 e. The fourth-order valence-corrected chi connectivity index (χ4v) is 3.65. The molecule has 4 rings (SSSR count). The molecule has 1 amide bonds. The standard InChI is InChI=1S/C21H25N3O2/c1-15-3-2-4-17-13-19(23-20(15)17)21(25)22-18-7-5-16(6-8-18)14-24-9-11-26-12-10-24/h2-8,19,23H,9-14H2,1H3,(H,22,25). The molecule has 2 aromatic rings. The zero-order valence-corrected chi connectivity index (χ0v) is 15.1. The van der Waals surface area contributed by atoms with Gasteiger partial charge in [-0.1, -0.05) is 30.3 Å². The van der Waals surface area contributed by atoms with Crippen molar-refractivity contribution in [3.63, 3.8) is 0 Å². The molecule has 0 saturated carbocycles. The van der Waals surface area contributed by atoms with E-state index in [1.807, 2.05) is 18.2 Å². The average molecular weight is 351 g/mol. The summed E-state index contributed by atoms with van der Waals surface area (Å²) in [5.74, 6) is 0.0153. The Morgan fingerprint density at radius 1 is 1.19 bits per heavy atom. The number of aryl methyl sites for hydroxylation is 1. The van der Waals surface area contributed by atoms with Crippen LogP contribution < -0.4 is 10.6 Å². The minimum Gasteiger partial charge on any atom is -0.379 e. The molecule has 0 aliphatic carbocycles. The van der Waals surface area contributed by atoms with Crippen LogP contribution in [-0.4, -0.2) is 43.2 Å². The lowest BCUT2D eigenvalue weighted by Crippen LogP contribution is -2.35. The molecule has 2 heterocycles. The Morgan fingerprint density at radius 3 is 2.69 bits per heavy atom. The summed E-state index contributed by atoms with van der Waals surface area (Å²) in [4.78, 5) is 15.0. The van der Waals surface area contributed by atoms with E-state index in [4.69, 9.17) is 4.74 Å². The molecule has 0 radical (unpaired) electrons. The third-order valence-corrected chi connectivity index (χ3v) is 5.15. The Morgan fingerprint density at radius 2 is 1.96 bits per heavy atom. The summed E-state index contributed by atoms with van der Waals surface area (Å²) in [6, 6.07) is 14.1. The fraction of sp³-hybridized carbons (Fsp3) is 0.381. The maximum Gasteiger partial charge on any atom is 0.247 e. The molecule has 2 aromatic carbocycles. The van der Waals surface area contributed by atoms with Crippen molar-refractivity contribution in [1.29, 1.82) is 0 Å². The summed E-state index contributed by atoms with van der Waals surface area (Å²) in [5, 5.41) is 6.39. The first-order valence-electron chi connectivity index (χ1n) is 9.24. The van der Waals surface area contributed by atoms with Crippen molar-refractivity contribution in [2.75, 3.05) is 36.9 Å². The molecule has 1 unspecified atom stereocenters. The molecule has 2 aliphatic rings. The number of carbonyl (C=O) groups is 1. The third-order valence-electron chi connectivity index (χ3n) is 5.15. The Kier molecular flexibility index (Phi) is 4.91. The first kappa shape index (κ1) is 17.1. The minimum absolute atomic E-state index is 0.0153. The molecule has 0 spiro atoms. The number of ether oxygens (including phenoxy) is 1. The maximum atomic E-state index is 12.6. The van der Waals surface area contributed by atoms with Crippen LogP contribution in [0, 0.1) is 6.92 Å². The Labute approximate surface area is 154 Å². The van der Waals surface area contributed by atoms with Gasteiger partial charge in [0, 0.05) is 37.4 Å². The number of benzene rings is 2. The van der Waals surface area contributed by atoms with Crippen LogP contribution in [0.4, 0.5) is 11.4 Å². The highest BCUT2D eigenvalue weighted by Crippen LogP contribution is 2.29. The van der Waals surface area contributed by atoms with E-state index in [2.05, 4.69) is 46.7 Å². The summed E-state index contributed by atoms with van der Waals surface area (Å²) >= 11 is 0. The highest BCUT2D eigenvalue weighted by atomic mass is 16.5. The molecule has 1 fully saturated rings. The van der Waals surface area contributed by atoms with Crippen molar-refractivity contribution in [3.05, 3.63) is 59.2 Å². The van der Waals surface area contributed by atoms with E-state index < -0.39 is 0 Å². The molecule has 1 atom stereocenters. The summed E-state index contributed by atoms with van der Waals surface area (Å²) in [7, 11) is 0. The number of fused-ring (bicyclic) bond motifs is 1. The highest BCUT2D eigenvalue weighted by molar-refractivity contribution is 5.98. The molecule has 0 aromatic heterocycles. The number of amides is 1. The second-order valence-corrected chi connectivity index (χ2v) is 7.08. The van der Waals surface area contributed by atoms with Crippen LogP contribution in [0.1, 0.15) is 16.7 Å². The number of morpholine rings is 1. The summed E-state index contributed by atoms with van der Waals surface area (Å²) in [6.45, 7) is 6.57. The second kappa shape index (κ2) is 7.48. The van der Waals surface area contributed by atoms with Crippen LogP contribution in [-0.2, 0) is 22.5 Å². The number of nitrogens with zero attached hydrogens (tertiary/aromatic N) is 1. The van der Waals surface area contributed by atoms with E-state index >= 15 is 0 Å². The zero-order valence-electron chi connectivity index (χ0n) is 15.1. The first-order valence-corrected chi connectivity index (χ1v) is 9.24.